The Morgan fingerprint density at radius 3 is 1.33 bits per heavy atom. The molecular weight excluding hydrogens is 200 g/mol. The summed E-state index contributed by atoms with van der Waals surface area (Å²) in [6, 6.07) is 0. The Bertz CT molecular complexity index is 98.0. The Labute approximate surface area is 91.6 Å². The molecule has 5 nitrogen and oxygen atoms in total. The molecule has 0 N–H and O–H groups in total. The molecular formula is C10H22O5. The summed E-state index contributed by atoms with van der Waals surface area (Å²) in [5.41, 5.74) is 0. The molecule has 0 saturated carbocycles. The lowest BCUT2D eigenvalue weighted by Gasteiger charge is -2.06. The molecule has 0 amide bonds. The summed E-state index contributed by atoms with van der Waals surface area (Å²) in [6.45, 7) is 8.10. The van der Waals surface area contributed by atoms with Crippen molar-refractivity contribution in [2.24, 2.45) is 0 Å². The Kier molecular flexibility index (Phi) is 13.6. The van der Waals surface area contributed by atoms with E-state index in [1.54, 1.807) is 0 Å². The van der Waals surface area contributed by atoms with Gasteiger partial charge >= 0.3 is 0 Å². The lowest BCUT2D eigenvalue weighted by Crippen LogP contribution is -2.11. The van der Waals surface area contributed by atoms with Crippen molar-refractivity contribution in [3.63, 3.8) is 0 Å². The van der Waals surface area contributed by atoms with Crippen LogP contribution in [0.1, 0.15) is 13.8 Å². The standard InChI is InChI=1S/C10H22O5/c1-3-11-5-7-13-9-15-10-14-8-6-12-4-2/h3-10H2,1-2H3. The molecule has 15 heavy (non-hydrogen) atoms. The summed E-state index contributed by atoms with van der Waals surface area (Å²) in [4.78, 5) is 0. The van der Waals surface area contributed by atoms with Gasteiger partial charge in [-0.1, -0.05) is 0 Å². The highest BCUT2D eigenvalue weighted by Crippen LogP contribution is 1.83. The van der Waals surface area contributed by atoms with Crippen molar-refractivity contribution in [2.75, 3.05) is 53.2 Å². The van der Waals surface area contributed by atoms with Crippen LogP contribution in [0, 0.1) is 0 Å². The molecule has 0 unspecified atom stereocenters. The van der Waals surface area contributed by atoms with E-state index >= 15 is 0 Å². The second kappa shape index (κ2) is 13.8. The maximum absolute atomic E-state index is 5.10. The van der Waals surface area contributed by atoms with Crippen molar-refractivity contribution in [1.29, 1.82) is 0 Å². The molecule has 0 bridgehead atoms. The average molecular weight is 222 g/mol. The molecule has 0 saturated heterocycles. The minimum absolute atomic E-state index is 0.238. The van der Waals surface area contributed by atoms with E-state index in [9.17, 15) is 0 Å². The molecule has 0 fully saturated rings. The Morgan fingerprint density at radius 1 is 0.533 bits per heavy atom. The minimum Gasteiger partial charge on any atom is -0.379 e. The van der Waals surface area contributed by atoms with E-state index in [1.807, 2.05) is 13.8 Å². The Hall–Kier alpha value is -0.200. The third-order valence-electron chi connectivity index (χ3n) is 1.49. The lowest BCUT2D eigenvalue weighted by atomic mass is 10.7. The highest BCUT2D eigenvalue weighted by Gasteiger charge is 1.90. The first-order valence-corrected chi connectivity index (χ1v) is 5.30. The van der Waals surface area contributed by atoms with Gasteiger partial charge in [-0.25, -0.2) is 0 Å². The molecule has 0 radical (unpaired) electrons. The van der Waals surface area contributed by atoms with Crippen LogP contribution in [-0.4, -0.2) is 53.2 Å². The largest absolute Gasteiger partial charge is 0.379 e. The summed E-state index contributed by atoms with van der Waals surface area (Å²) in [5.74, 6) is 0. The van der Waals surface area contributed by atoms with Gasteiger partial charge in [-0.3, -0.25) is 0 Å². The first kappa shape index (κ1) is 14.8. The van der Waals surface area contributed by atoms with Gasteiger partial charge in [0, 0.05) is 13.2 Å². The summed E-state index contributed by atoms with van der Waals surface area (Å²) >= 11 is 0. The van der Waals surface area contributed by atoms with Crippen LogP contribution in [0.3, 0.4) is 0 Å². The summed E-state index contributed by atoms with van der Waals surface area (Å²) in [6.07, 6.45) is 0. The quantitative estimate of drug-likeness (QED) is 0.364. The normalized spacial score (nSPS) is 10.8. The fraction of sp³-hybridized carbons (Fsp3) is 1.00. The zero-order valence-electron chi connectivity index (χ0n) is 9.70. The van der Waals surface area contributed by atoms with Crippen molar-refractivity contribution in [3.8, 4) is 0 Å². The van der Waals surface area contributed by atoms with Crippen molar-refractivity contribution in [3.05, 3.63) is 0 Å². The fourth-order valence-electron chi connectivity index (χ4n) is 0.794. The predicted octanol–water partition coefficient (Wildman–Crippen LogP) is 1.02. The molecule has 92 valence electrons. The van der Waals surface area contributed by atoms with Gasteiger partial charge < -0.3 is 23.7 Å². The van der Waals surface area contributed by atoms with Gasteiger partial charge in [-0.05, 0) is 13.8 Å². The number of ether oxygens (including phenoxy) is 5. The van der Waals surface area contributed by atoms with Gasteiger partial charge in [-0.15, -0.1) is 0 Å². The van der Waals surface area contributed by atoms with Crippen LogP contribution in [-0.2, 0) is 23.7 Å². The number of hydrogen-bond donors (Lipinski definition) is 0. The number of rotatable bonds is 12. The zero-order valence-corrected chi connectivity index (χ0v) is 9.70. The monoisotopic (exact) mass is 222 g/mol. The summed E-state index contributed by atoms with van der Waals surface area (Å²) in [7, 11) is 0. The maximum Gasteiger partial charge on any atom is 0.149 e. The van der Waals surface area contributed by atoms with Crippen LogP contribution in [0.2, 0.25) is 0 Å². The van der Waals surface area contributed by atoms with E-state index < -0.39 is 0 Å². The SMILES string of the molecule is CCOCCOCOCOCCOCC. The molecule has 0 atom stereocenters. The first-order chi connectivity index (χ1) is 7.41. The van der Waals surface area contributed by atoms with E-state index in [-0.39, 0.29) is 13.6 Å². The molecule has 0 rings (SSSR count). The van der Waals surface area contributed by atoms with Crippen LogP contribution >= 0.6 is 0 Å². The van der Waals surface area contributed by atoms with Crippen molar-refractivity contribution < 1.29 is 23.7 Å². The third kappa shape index (κ3) is 13.8. The van der Waals surface area contributed by atoms with Gasteiger partial charge in [0.25, 0.3) is 0 Å². The lowest BCUT2D eigenvalue weighted by molar-refractivity contribution is -0.140. The third-order valence-corrected chi connectivity index (χ3v) is 1.49. The Balaban J connectivity index is 2.81. The zero-order chi connectivity index (χ0) is 11.2. The van der Waals surface area contributed by atoms with E-state index in [0.717, 1.165) is 0 Å². The van der Waals surface area contributed by atoms with Crippen LogP contribution in [0.4, 0.5) is 0 Å². The van der Waals surface area contributed by atoms with Gasteiger partial charge in [0.1, 0.15) is 13.6 Å². The van der Waals surface area contributed by atoms with E-state index in [2.05, 4.69) is 0 Å². The smallest absolute Gasteiger partial charge is 0.149 e. The van der Waals surface area contributed by atoms with Crippen LogP contribution in [0.15, 0.2) is 0 Å². The molecule has 0 spiro atoms. The Morgan fingerprint density at radius 2 is 0.933 bits per heavy atom. The molecule has 0 heterocycles. The summed E-state index contributed by atoms with van der Waals surface area (Å²) in [5, 5.41) is 0. The average Bonchev–Trinajstić information content (AvgIpc) is 2.26. The van der Waals surface area contributed by atoms with Crippen molar-refractivity contribution >= 4 is 0 Å². The highest BCUT2D eigenvalue weighted by atomic mass is 16.7. The highest BCUT2D eigenvalue weighted by molar-refractivity contribution is 4.26. The molecule has 0 aromatic rings. The van der Waals surface area contributed by atoms with Crippen LogP contribution < -0.4 is 0 Å². The van der Waals surface area contributed by atoms with Crippen molar-refractivity contribution in [1.82, 2.24) is 0 Å². The second-order valence-electron chi connectivity index (χ2n) is 2.65. The van der Waals surface area contributed by atoms with Gasteiger partial charge in [0.2, 0.25) is 0 Å². The van der Waals surface area contributed by atoms with Gasteiger partial charge in [-0.2, -0.15) is 0 Å². The minimum atomic E-state index is 0.238. The molecule has 0 aliphatic rings. The van der Waals surface area contributed by atoms with Crippen LogP contribution in [0.25, 0.3) is 0 Å². The van der Waals surface area contributed by atoms with Crippen LogP contribution in [0.5, 0.6) is 0 Å². The maximum atomic E-state index is 5.10. The van der Waals surface area contributed by atoms with Gasteiger partial charge in [0.15, 0.2) is 0 Å². The number of hydrogen-bond acceptors (Lipinski definition) is 5. The molecule has 0 aromatic heterocycles. The van der Waals surface area contributed by atoms with Gasteiger partial charge in [0.05, 0.1) is 26.4 Å². The van der Waals surface area contributed by atoms with E-state index in [0.29, 0.717) is 39.6 Å². The summed E-state index contributed by atoms with van der Waals surface area (Å²) < 4.78 is 25.4. The van der Waals surface area contributed by atoms with E-state index in [1.165, 1.54) is 0 Å². The second-order valence-corrected chi connectivity index (χ2v) is 2.65. The van der Waals surface area contributed by atoms with Crippen molar-refractivity contribution in [2.45, 2.75) is 13.8 Å². The molecule has 5 heteroatoms. The first-order valence-electron chi connectivity index (χ1n) is 5.30. The predicted molar refractivity (Wildman–Crippen MR) is 55.7 cm³/mol. The molecule has 0 aliphatic heterocycles. The molecule has 0 aromatic carbocycles. The fourth-order valence-corrected chi connectivity index (χ4v) is 0.794. The van der Waals surface area contributed by atoms with E-state index in [4.69, 9.17) is 23.7 Å². The molecule has 0 aliphatic carbocycles. The topological polar surface area (TPSA) is 46.2 Å².